The van der Waals surface area contributed by atoms with Gasteiger partial charge in [0.2, 0.25) is 0 Å². The molecule has 0 spiro atoms. The first-order valence-corrected chi connectivity index (χ1v) is 6.98. The summed E-state index contributed by atoms with van der Waals surface area (Å²) in [5.41, 5.74) is 1.78. The van der Waals surface area contributed by atoms with Crippen molar-refractivity contribution in [2.45, 2.75) is 0 Å². The number of fused-ring (bicyclic) bond motifs is 1. The zero-order valence-electron chi connectivity index (χ0n) is 8.72. The van der Waals surface area contributed by atoms with E-state index in [-0.39, 0.29) is 5.75 Å². The van der Waals surface area contributed by atoms with Gasteiger partial charge in [-0.1, -0.05) is 12.1 Å². The lowest BCUT2D eigenvalue weighted by atomic mass is 10.2. The molecule has 1 aromatic heterocycles. The molecule has 17 heavy (non-hydrogen) atoms. The van der Waals surface area contributed by atoms with Gasteiger partial charge >= 0.3 is 0 Å². The predicted octanol–water partition coefficient (Wildman–Crippen LogP) is 4.27. The molecule has 0 unspecified atom stereocenters. The molecule has 0 amide bonds. The summed E-state index contributed by atoms with van der Waals surface area (Å²) in [6, 6.07) is 13.5. The molecule has 84 valence electrons. The fraction of sp³-hybridized carbons (Fsp3) is 0. The average molecular weight is 353 g/mol. The highest BCUT2D eigenvalue weighted by Gasteiger charge is 2.10. The topological polar surface area (TPSA) is 33.1 Å². The summed E-state index contributed by atoms with van der Waals surface area (Å²) < 4.78 is 2.23. The van der Waals surface area contributed by atoms with Gasteiger partial charge in [-0.2, -0.15) is 0 Å². The zero-order chi connectivity index (χ0) is 11.8. The van der Waals surface area contributed by atoms with Gasteiger partial charge in [0.15, 0.2) is 0 Å². The Labute approximate surface area is 116 Å². The molecule has 3 aromatic rings. The largest absolute Gasteiger partial charge is 0.507 e. The molecule has 2 nitrogen and oxygen atoms in total. The van der Waals surface area contributed by atoms with E-state index in [1.54, 1.807) is 17.4 Å². The van der Waals surface area contributed by atoms with Crippen molar-refractivity contribution in [3.8, 4) is 16.3 Å². The maximum Gasteiger partial charge on any atom is 0.128 e. The molecule has 0 atom stereocenters. The lowest BCUT2D eigenvalue weighted by Crippen LogP contribution is -1.79. The molecule has 0 radical (unpaired) electrons. The normalized spacial score (nSPS) is 10.9. The monoisotopic (exact) mass is 353 g/mol. The fourth-order valence-electron chi connectivity index (χ4n) is 1.67. The van der Waals surface area contributed by atoms with Crippen LogP contribution in [0.15, 0.2) is 42.5 Å². The number of nitrogens with zero attached hydrogens (tertiary/aromatic N) is 1. The van der Waals surface area contributed by atoms with Crippen LogP contribution in [0.25, 0.3) is 20.8 Å². The van der Waals surface area contributed by atoms with Crippen LogP contribution >= 0.6 is 33.9 Å². The maximum atomic E-state index is 9.88. The van der Waals surface area contributed by atoms with Crippen molar-refractivity contribution in [2.75, 3.05) is 0 Å². The highest BCUT2D eigenvalue weighted by Crippen LogP contribution is 2.35. The van der Waals surface area contributed by atoms with E-state index >= 15 is 0 Å². The van der Waals surface area contributed by atoms with E-state index in [4.69, 9.17) is 0 Å². The standard InChI is InChI=1S/C13H8INOS/c14-8-5-6-11(16)9(7-8)13-15-10-3-1-2-4-12(10)17-13/h1-7,16H. The summed E-state index contributed by atoms with van der Waals surface area (Å²) in [5, 5.41) is 10.7. The number of halogens is 1. The molecule has 1 heterocycles. The molecule has 4 heteroatoms. The van der Waals surface area contributed by atoms with Gasteiger partial charge in [0.1, 0.15) is 10.8 Å². The maximum absolute atomic E-state index is 9.88. The fourth-order valence-corrected chi connectivity index (χ4v) is 3.15. The van der Waals surface area contributed by atoms with Crippen LogP contribution in [-0.4, -0.2) is 10.1 Å². The van der Waals surface area contributed by atoms with Gasteiger partial charge < -0.3 is 5.11 Å². The first-order chi connectivity index (χ1) is 8.24. The van der Waals surface area contributed by atoms with E-state index in [1.807, 2.05) is 36.4 Å². The number of para-hydroxylation sites is 1. The minimum atomic E-state index is 0.282. The molecule has 0 aliphatic carbocycles. The van der Waals surface area contributed by atoms with Gasteiger partial charge in [0.25, 0.3) is 0 Å². The lowest BCUT2D eigenvalue weighted by Gasteiger charge is -2.00. The van der Waals surface area contributed by atoms with E-state index in [0.29, 0.717) is 0 Å². The number of phenolic OH excluding ortho intramolecular Hbond substituents is 1. The minimum absolute atomic E-state index is 0.282. The Morgan fingerprint density at radius 3 is 2.76 bits per heavy atom. The molecule has 0 aliphatic heterocycles. The first-order valence-electron chi connectivity index (χ1n) is 5.08. The molecular formula is C13H8INOS. The molecule has 0 aliphatic rings. The van der Waals surface area contributed by atoms with Crippen LogP contribution in [0.1, 0.15) is 0 Å². The molecule has 0 bridgehead atoms. The van der Waals surface area contributed by atoms with Gasteiger partial charge in [0.05, 0.1) is 15.8 Å². The van der Waals surface area contributed by atoms with Crippen LogP contribution in [0.3, 0.4) is 0 Å². The molecular weight excluding hydrogens is 345 g/mol. The highest BCUT2D eigenvalue weighted by atomic mass is 127. The Bertz CT molecular complexity index is 660. The number of hydrogen-bond acceptors (Lipinski definition) is 3. The Morgan fingerprint density at radius 2 is 1.94 bits per heavy atom. The SMILES string of the molecule is Oc1ccc(I)cc1-c1nc2ccccc2s1. The molecule has 0 saturated heterocycles. The Kier molecular flexibility index (Phi) is 2.76. The van der Waals surface area contributed by atoms with Crippen molar-refractivity contribution in [3.05, 3.63) is 46.0 Å². The second kappa shape index (κ2) is 4.27. The molecule has 0 fully saturated rings. The van der Waals surface area contributed by atoms with Crippen LogP contribution < -0.4 is 0 Å². The Balaban J connectivity index is 2.23. The van der Waals surface area contributed by atoms with Crippen LogP contribution in [0.5, 0.6) is 5.75 Å². The highest BCUT2D eigenvalue weighted by molar-refractivity contribution is 14.1. The second-order valence-electron chi connectivity index (χ2n) is 3.65. The van der Waals surface area contributed by atoms with Gasteiger partial charge in [-0.15, -0.1) is 11.3 Å². The van der Waals surface area contributed by atoms with E-state index in [2.05, 4.69) is 27.6 Å². The van der Waals surface area contributed by atoms with Gasteiger partial charge in [-0.3, -0.25) is 0 Å². The molecule has 1 N–H and O–H groups in total. The third-order valence-corrected chi connectivity index (χ3v) is 4.22. The van der Waals surface area contributed by atoms with Crippen molar-refractivity contribution in [2.24, 2.45) is 0 Å². The van der Waals surface area contributed by atoms with Crippen molar-refractivity contribution >= 4 is 44.1 Å². The minimum Gasteiger partial charge on any atom is -0.507 e. The summed E-state index contributed by atoms with van der Waals surface area (Å²) in [4.78, 5) is 4.54. The summed E-state index contributed by atoms with van der Waals surface area (Å²) >= 11 is 3.83. The third kappa shape index (κ3) is 2.02. The average Bonchev–Trinajstić information content (AvgIpc) is 2.75. The van der Waals surface area contributed by atoms with E-state index in [9.17, 15) is 5.11 Å². The van der Waals surface area contributed by atoms with Crippen molar-refractivity contribution in [1.29, 1.82) is 0 Å². The van der Waals surface area contributed by atoms with E-state index in [0.717, 1.165) is 24.4 Å². The van der Waals surface area contributed by atoms with Crippen LogP contribution in [0.2, 0.25) is 0 Å². The number of phenols is 1. The molecule has 2 aromatic carbocycles. The van der Waals surface area contributed by atoms with Crippen LogP contribution in [0, 0.1) is 3.57 Å². The summed E-state index contributed by atoms with van der Waals surface area (Å²) in [7, 11) is 0. The van der Waals surface area contributed by atoms with Crippen LogP contribution in [0.4, 0.5) is 0 Å². The quantitative estimate of drug-likeness (QED) is 0.663. The van der Waals surface area contributed by atoms with Crippen molar-refractivity contribution in [3.63, 3.8) is 0 Å². The summed E-state index contributed by atoms with van der Waals surface area (Å²) in [6.45, 7) is 0. The van der Waals surface area contributed by atoms with Gasteiger partial charge in [-0.05, 0) is 52.9 Å². The van der Waals surface area contributed by atoms with Crippen LogP contribution in [-0.2, 0) is 0 Å². The summed E-state index contributed by atoms with van der Waals surface area (Å²) in [6.07, 6.45) is 0. The molecule has 3 rings (SSSR count). The van der Waals surface area contributed by atoms with Crippen molar-refractivity contribution < 1.29 is 5.11 Å². The Hall–Kier alpha value is -1.14. The van der Waals surface area contributed by atoms with E-state index < -0.39 is 0 Å². The van der Waals surface area contributed by atoms with Gasteiger partial charge in [0, 0.05) is 3.57 Å². The number of thiazole rings is 1. The number of hydrogen-bond donors (Lipinski definition) is 1. The number of rotatable bonds is 1. The lowest BCUT2D eigenvalue weighted by molar-refractivity contribution is 0.477. The van der Waals surface area contributed by atoms with Gasteiger partial charge in [-0.25, -0.2) is 4.98 Å². The number of benzene rings is 2. The van der Waals surface area contributed by atoms with E-state index in [1.165, 1.54) is 0 Å². The predicted molar refractivity (Wildman–Crippen MR) is 79.4 cm³/mol. The Morgan fingerprint density at radius 1 is 1.12 bits per heavy atom. The zero-order valence-corrected chi connectivity index (χ0v) is 11.7. The second-order valence-corrected chi connectivity index (χ2v) is 5.92. The third-order valence-electron chi connectivity index (χ3n) is 2.48. The molecule has 0 saturated carbocycles. The number of aromatic nitrogens is 1. The summed E-state index contributed by atoms with van der Waals surface area (Å²) in [5.74, 6) is 0.282. The smallest absolute Gasteiger partial charge is 0.128 e. The first kappa shape index (κ1) is 11.0. The number of aromatic hydroxyl groups is 1. The van der Waals surface area contributed by atoms with Crippen molar-refractivity contribution in [1.82, 2.24) is 4.98 Å².